The van der Waals surface area contributed by atoms with Gasteiger partial charge in [-0.15, -0.1) is 0 Å². The van der Waals surface area contributed by atoms with Gasteiger partial charge in [0, 0.05) is 23.1 Å². The number of amides is 3. The molecule has 12 nitrogen and oxygen atoms in total. The van der Waals surface area contributed by atoms with Crippen molar-refractivity contribution in [3.63, 3.8) is 0 Å². The summed E-state index contributed by atoms with van der Waals surface area (Å²) in [4.78, 5) is 53.5. The number of primary amides is 1. The van der Waals surface area contributed by atoms with E-state index in [0.717, 1.165) is 6.42 Å². The van der Waals surface area contributed by atoms with Crippen LogP contribution >= 0.6 is 0 Å². The number of aliphatic hydroxyl groups excluding tert-OH is 3. The van der Waals surface area contributed by atoms with Crippen molar-refractivity contribution in [3.05, 3.63) is 64.1 Å². The van der Waals surface area contributed by atoms with E-state index in [1.165, 1.54) is 11.0 Å². The molecular formula is C29H32N4O8. The maximum Gasteiger partial charge on any atom is 0.323 e. The summed E-state index contributed by atoms with van der Waals surface area (Å²) in [6.45, 7) is 1.70. The summed E-state index contributed by atoms with van der Waals surface area (Å²) in [5.74, 6) is -9.22. The third-order valence-corrected chi connectivity index (χ3v) is 8.53. The number of Topliss-reactive ketones (excluding diaryl/α,β-unsaturated/α-hetero) is 2. The van der Waals surface area contributed by atoms with Crippen LogP contribution in [0.1, 0.15) is 36.8 Å². The Kier molecular flexibility index (Phi) is 7.00. The second-order valence-corrected chi connectivity index (χ2v) is 11.0. The number of urea groups is 1. The van der Waals surface area contributed by atoms with Gasteiger partial charge in [-0.3, -0.25) is 19.3 Å². The zero-order chi connectivity index (χ0) is 29.9. The lowest BCUT2D eigenvalue weighted by molar-refractivity contribution is -0.143. The first-order chi connectivity index (χ1) is 19.4. The summed E-state index contributed by atoms with van der Waals surface area (Å²) < 4.78 is 0. The Hall–Kier alpha value is -4.42. The van der Waals surface area contributed by atoms with Crippen LogP contribution in [0.25, 0.3) is 5.76 Å². The van der Waals surface area contributed by atoms with Gasteiger partial charge in [-0.05, 0) is 50.6 Å². The largest absolute Gasteiger partial charge is 0.510 e. The number of anilines is 1. The highest BCUT2D eigenvalue weighted by Crippen LogP contribution is 2.55. The van der Waals surface area contributed by atoms with E-state index >= 15 is 0 Å². The monoisotopic (exact) mass is 564 g/mol. The first-order valence-electron chi connectivity index (χ1n) is 13.3. The van der Waals surface area contributed by atoms with E-state index in [1.54, 1.807) is 33.2 Å². The predicted octanol–water partition coefficient (Wildman–Crippen LogP) is 1.74. The fraction of sp³-hybridized carbons (Fsp3) is 0.379. The van der Waals surface area contributed by atoms with E-state index in [9.17, 15) is 39.6 Å². The number of nitrogens with one attached hydrogen (secondary N) is 2. The molecule has 0 heterocycles. The molecule has 12 heteroatoms. The van der Waals surface area contributed by atoms with Crippen LogP contribution in [0.15, 0.2) is 53.0 Å². The predicted molar refractivity (Wildman–Crippen MR) is 147 cm³/mol. The molecule has 1 fully saturated rings. The van der Waals surface area contributed by atoms with Gasteiger partial charge in [-0.2, -0.15) is 0 Å². The van der Waals surface area contributed by atoms with E-state index in [1.807, 2.05) is 12.2 Å². The average molecular weight is 565 g/mol. The first kappa shape index (κ1) is 28.1. The summed E-state index contributed by atoms with van der Waals surface area (Å²) in [6, 6.07) is 1.34. The van der Waals surface area contributed by atoms with Crippen molar-refractivity contribution < 1.29 is 39.6 Å². The Morgan fingerprint density at radius 1 is 1.07 bits per heavy atom. The minimum atomic E-state index is -1.61. The Morgan fingerprint density at radius 2 is 1.78 bits per heavy atom. The highest BCUT2D eigenvalue weighted by atomic mass is 16.3. The number of phenols is 1. The number of nitrogens with zero attached hydrogens (tertiary/aromatic N) is 1. The SMILES string of the molecule is C[C@H]1c2ccc(NC(=O)NC3=CC=CCC3)c(O)c2C(O)=C2C(=O)C3C(=O)C(C(N)=O)=C(O)[C@@H](N(C)C)C3C(O)C21. The van der Waals surface area contributed by atoms with Crippen molar-refractivity contribution >= 4 is 35.0 Å². The molecule has 6 atom stereocenters. The lowest BCUT2D eigenvalue weighted by atomic mass is 9.56. The van der Waals surface area contributed by atoms with Crippen LogP contribution in [0, 0.1) is 17.8 Å². The lowest BCUT2D eigenvalue weighted by Gasteiger charge is -2.50. The minimum absolute atomic E-state index is 0.0297. The summed E-state index contributed by atoms with van der Waals surface area (Å²) >= 11 is 0. The molecule has 0 aliphatic heterocycles. The van der Waals surface area contributed by atoms with Gasteiger partial charge >= 0.3 is 6.03 Å². The zero-order valence-electron chi connectivity index (χ0n) is 22.7. The van der Waals surface area contributed by atoms with Gasteiger partial charge in [0.25, 0.3) is 5.91 Å². The highest BCUT2D eigenvalue weighted by Gasteiger charge is 2.60. The lowest BCUT2D eigenvalue weighted by Crippen LogP contribution is -2.61. The van der Waals surface area contributed by atoms with E-state index in [2.05, 4.69) is 10.6 Å². The Labute approximate surface area is 235 Å². The van der Waals surface area contributed by atoms with Gasteiger partial charge in [0.1, 0.15) is 22.8 Å². The Morgan fingerprint density at radius 3 is 2.39 bits per heavy atom. The maximum absolute atomic E-state index is 14.0. The minimum Gasteiger partial charge on any atom is -0.510 e. The normalized spacial score (nSPS) is 29.0. The number of rotatable bonds is 4. The number of hydrogen-bond donors (Lipinski definition) is 7. The molecule has 0 aromatic heterocycles. The summed E-state index contributed by atoms with van der Waals surface area (Å²) in [6.07, 6.45) is 5.54. The van der Waals surface area contributed by atoms with Gasteiger partial charge in [-0.1, -0.05) is 25.1 Å². The van der Waals surface area contributed by atoms with Gasteiger partial charge in [0.05, 0.1) is 29.3 Å². The van der Waals surface area contributed by atoms with Crippen LogP contribution in [0.3, 0.4) is 0 Å². The number of fused-ring (bicyclic) bond motifs is 3. The fourth-order valence-corrected chi connectivity index (χ4v) is 6.72. The number of allylic oxidation sites excluding steroid dienone is 4. The van der Waals surface area contributed by atoms with Crippen molar-refractivity contribution in [1.29, 1.82) is 0 Å². The van der Waals surface area contributed by atoms with Crippen LogP contribution in [-0.2, 0) is 14.4 Å². The van der Waals surface area contributed by atoms with E-state index in [4.69, 9.17) is 5.73 Å². The topological polar surface area (TPSA) is 203 Å². The highest BCUT2D eigenvalue weighted by molar-refractivity contribution is 6.28. The number of likely N-dealkylation sites (N-methyl/N-ethyl adjacent to an activating group) is 1. The molecule has 5 rings (SSSR count). The fourth-order valence-electron chi connectivity index (χ4n) is 6.72. The number of nitrogens with two attached hydrogens (primary N) is 1. The van der Waals surface area contributed by atoms with Crippen molar-refractivity contribution in [1.82, 2.24) is 10.2 Å². The van der Waals surface area contributed by atoms with E-state index < -0.39 is 82.2 Å². The van der Waals surface area contributed by atoms with Gasteiger partial charge in [0.15, 0.2) is 11.6 Å². The molecule has 41 heavy (non-hydrogen) atoms. The smallest absolute Gasteiger partial charge is 0.323 e. The van der Waals surface area contributed by atoms with Crippen LogP contribution in [-0.4, -0.2) is 75.1 Å². The molecule has 4 aliphatic carbocycles. The number of carbonyl (C=O) groups is 4. The molecule has 4 aliphatic rings. The van der Waals surface area contributed by atoms with Crippen molar-refractivity contribution in [2.24, 2.45) is 23.5 Å². The standard InChI is InChI=1S/C29H32N4O8/c1-11-13-9-10-14(32-29(41)31-12-7-5-4-6-8-12)22(34)16(13)24(36)18-15(11)23(35)17-19(25(18)37)26(38)20(28(30)40)27(39)21(17)33(2)3/h4-5,7,9-11,15,17,19,21,23,34-36,39H,6,8H2,1-3H3,(H2,30,40)(H2,31,32,41)/t11-,15?,17?,19?,21-,23?/m0/s1. The number of phenolic OH excluding ortho intramolecular Hbond substituents is 1. The maximum atomic E-state index is 14.0. The molecule has 1 aromatic rings. The number of ketones is 2. The summed E-state index contributed by atoms with van der Waals surface area (Å²) in [7, 11) is 3.13. The molecule has 216 valence electrons. The molecule has 0 saturated heterocycles. The molecule has 3 amide bonds. The van der Waals surface area contributed by atoms with Crippen LogP contribution in [0.5, 0.6) is 5.75 Å². The second-order valence-electron chi connectivity index (χ2n) is 11.0. The third-order valence-electron chi connectivity index (χ3n) is 8.53. The van der Waals surface area contributed by atoms with E-state index in [0.29, 0.717) is 17.7 Å². The second kappa shape index (κ2) is 10.2. The van der Waals surface area contributed by atoms with Crippen molar-refractivity contribution in [2.45, 2.75) is 37.8 Å². The van der Waals surface area contributed by atoms with Gasteiger partial charge in [0.2, 0.25) is 0 Å². The molecule has 0 spiro atoms. The molecule has 8 N–H and O–H groups in total. The average Bonchev–Trinajstić information content (AvgIpc) is 2.90. The van der Waals surface area contributed by atoms with Crippen LogP contribution in [0.4, 0.5) is 10.5 Å². The first-order valence-corrected chi connectivity index (χ1v) is 13.3. The summed E-state index contributed by atoms with van der Waals surface area (Å²) in [5.41, 5.74) is 5.34. The molecule has 1 saturated carbocycles. The third kappa shape index (κ3) is 4.30. The van der Waals surface area contributed by atoms with Crippen LogP contribution < -0.4 is 16.4 Å². The quantitative estimate of drug-likeness (QED) is 0.161. The molecule has 0 radical (unpaired) electrons. The number of benzene rings is 1. The van der Waals surface area contributed by atoms with E-state index in [-0.39, 0.29) is 16.8 Å². The number of carbonyl (C=O) groups excluding carboxylic acids is 4. The van der Waals surface area contributed by atoms with Crippen molar-refractivity contribution in [2.75, 3.05) is 19.4 Å². The van der Waals surface area contributed by atoms with Crippen molar-refractivity contribution in [3.8, 4) is 5.75 Å². The number of hydrogen-bond acceptors (Lipinski definition) is 9. The summed E-state index contributed by atoms with van der Waals surface area (Å²) in [5, 5.41) is 50.3. The molecule has 1 aromatic carbocycles. The Balaban J connectivity index is 1.58. The zero-order valence-corrected chi connectivity index (χ0v) is 22.7. The molecule has 0 bridgehead atoms. The molecule has 4 unspecified atom stereocenters. The molecular weight excluding hydrogens is 532 g/mol. The Bertz CT molecular complexity index is 1500. The van der Waals surface area contributed by atoms with Crippen LogP contribution in [0.2, 0.25) is 0 Å². The van der Waals surface area contributed by atoms with Gasteiger partial charge < -0.3 is 36.8 Å². The van der Waals surface area contributed by atoms with Gasteiger partial charge in [-0.25, -0.2) is 4.79 Å². The number of aromatic hydroxyl groups is 1. The number of aliphatic hydroxyl groups is 3.